The van der Waals surface area contributed by atoms with Crippen molar-refractivity contribution in [1.29, 1.82) is 0 Å². The van der Waals surface area contributed by atoms with Gasteiger partial charge in [0.1, 0.15) is 5.75 Å². The van der Waals surface area contributed by atoms with Crippen molar-refractivity contribution in [2.24, 2.45) is 0 Å². The van der Waals surface area contributed by atoms with Gasteiger partial charge in [-0.05, 0) is 28.5 Å². The van der Waals surface area contributed by atoms with Gasteiger partial charge in [0.15, 0.2) is 7.14 Å². The zero-order valence-corrected chi connectivity index (χ0v) is 24.3. The van der Waals surface area contributed by atoms with Gasteiger partial charge in [-0.2, -0.15) is 12.6 Å². The van der Waals surface area contributed by atoms with Gasteiger partial charge in [0, 0.05) is 11.1 Å². The molecule has 0 saturated carbocycles. The van der Waals surface area contributed by atoms with E-state index in [0.717, 1.165) is 0 Å². The summed E-state index contributed by atoms with van der Waals surface area (Å²) in [5, 5.41) is 0. The lowest BCUT2D eigenvalue weighted by molar-refractivity contribution is -0.599. The fraction of sp³-hybridized carbons (Fsp3) is 0.357. The maximum Gasteiger partial charge on any atom is 0.537 e. The van der Waals surface area contributed by atoms with Gasteiger partial charge in [0.2, 0.25) is 0 Å². The van der Waals surface area contributed by atoms with Crippen LogP contribution in [0.25, 0.3) is 0 Å². The van der Waals surface area contributed by atoms with E-state index >= 15 is 0 Å². The van der Waals surface area contributed by atoms with Crippen LogP contribution in [-0.4, -0.2) is 14.8 Å². The van der Waals surface area contributed by atoms with Crippen molar-refractivity contribution in [3.8, 4) is 0 Å². The average Bonchev–Trinajstić information content (AvgIpc) is 2.72. The molecule has 0 N–H and O–H groups in total. The van der Waals surface area contributed by atoms with E-state index in [1.807, 2.05) is 0 Å². The number of hydrogen-bond acceptors (Lipinski definition) is 3. The number of halogens is 4. The third-order valence-electron chi connectivity index (χ3n) is 4.98. The van der Waals surface area contributed by atoms with Crippen molar-refractivity contribution < 1.29 is 47.0 Å². The lowest BCUT2D eigenvalue weighted by Gasteiger charge is -2.20. The van der Waals surface area contributed by atoms with Crippen molar-refractivity contribution in [3.05, 3.63) is 103 Å². The molecule has 0 aromatic heterocycles. The average molecular weight is 634 g/mol. The SMILES string of the molecule is CC(C)(C)c1ccccc1[I+]c1ccccc1C(C)(C)C.O=S(=O)(Cc1ccccc1)OC(F)(F)F. The molecule has 0 atom stereocenters. The van der Waals surface area contributed by atoms with Gasteiger partial charge in [-0.3, -0.25) is 0 Å². The highest BCUT2D eigenvalue weighted by Gasteiger charge is 2.36. The molecule has 0 aliphatic carbocycles. The Morgan fingerprint density at radius 1 is 0.667 bits per heavy atom. The quantitative estimate of drug-likeness (QED) is 0.308. The topological polar surface area (TPSA) is 43.4 Å². The summed E-state index contributed by atoms with van der Waals surface area (Å²) in [6.07, 6.45) is -5.17. The highest BCUT2D eigenvalue weighted by atomic mass is 127. The summed E-state index contributed by atoms with van der Waals surface area (Å²) < 4.78 is 62.8. The molecule has 0 spiro atoms. The van der Waals surface area contributed by atoms with E-state index in [9.17, 15) is 21.6 Å². The zero-order chi connectivity index (χ0) is 27.2. The maximum atomic E-state index is 11.7. The second kappa shape index (κ2) is 12.1. The summed E-state index contributed by atoms with van der Waals surface area (Å²) in [6.45, 7) is 13.9. The van der Waals surface area contributed by atoms with Crippen molar-refractivity contribution in [2.45, 2.75) is 64.5 Å². The van der Waals surface area contributed by atoms with E-state index in [2.05, 4.69) is 94.3 Å². The summed E-state index contributed by atoms with van der Waals surface area (Å²) in [5.74, 6) is -0.798. The molecule has 0 aliphatic heterocycles. The van der Waals surface area contributed by atoms with Crippen LogP contribution in [0.5, 0.6) is 0 Å². The highest BCUT2D eigenvalue weighted by molar-refractivity contribution is 7.85. The Morgan fingerprint density at radius 3 is 1.44 bits per heavy atom. The molecule has 8 heteroatoms. The summed E-state index contributed by atoms with van der Waals surface area (Å²) in [6, 6.07) is 25.4. The predicted octanol–water partition coefficient (Wildman–Crippen LogP) is 4.46. The Balaban J connectivity index is 0.000000269. The molecule has 0 aliphatic rings. The monoisotopic (exact) mass is 633 g/mol. The van der Waals surface area contributed by atoms with Gasteiger partial charge >= 0.3 is 27.6 Å². The van der Waals surface area contributed by atoms with E-state index in [4.69, 9.17) is 0 Å². The van der Waals surface area contributed by atoms with Gasteiger partial charge in [-0.15, -0.1) is 13.2 Å². The van der Waals surface area contributed by atoms with Gasteiger partial charge in [-0.1, -0.05) is 108 Å². The molecule has 0 saturated heterocycles. The van der Waals surface area contributed by atoms with E-state index in [-0.39, 0.29) is 37.6 Å². The molecule has 0 heterocycles. The first kappa shape index (κ1) is 30.3. The first-order valence-electron chi connectivity index (χ1n) is 11.4. The van der Waals surface area contributed by atoms with Crippen LogP contribution >= 0.6 is 0 Å². The first-order chi connectivity index (χ1) is 16.5. The normalized spacial score (nSPS) is 12.6. The fourth-order valence-electron chi connectivity index (χ4n) is 3.37. The lowest BCUT2D eigenvalue weighted by Crippen LogP contribution is -3.62. The Bertz CT molecular complexity index is 1170. The molecular formula is C28H33F3IO3S+. The van der Waals surface area contributed by atoms with E-state index < -0.39 is 22.2 Å². The molecule has 3 aromatic rings. The minimum absolute atomic E-state index is 0.147. The number of rotatable bonds is 5. The highest BCUT2D eigenvalue weighted by Crippen LogP contribution is 2.23. The van der Waals surface area contributed by atoms with Crippen LogP contribution in [-0.2, 0) is 30.9 Å². The first-order valence-corrected chi connectivity index (χ1v) is 15.1. The van der Waals surface area contributed by atoms with Crippen LogP contribution in [0.2, 0.25) is 0 Å². The van der Waals surface area contributed by atoms with E-state index in [1.54, 1.807) is 13.2 Å². The number of alkyl halides is 3. The fourth-order valence-corrected chi connectivity index (χ4v) is 8.27. The van der Waals surface area contributed by atoms with E-state index in [1.165, 1.54) is 35.4 Å². The Hall–Kier alpha value is -1.91. The van der Waals surface area contributed by atoms with Crippen LogP contribution in [0, 0.1) is 7.14 Å². The van der Waals surface area contributed by atoms with Crippen molar-refractivity contribution >= 4 is 10.1 Å². The molecule has 0 amide bonds. The van der Waals surface area contributed by atoms with Crippen LogP contribution < -0.4 is 21.2 Å². The Kier molecular flexibility index (Phi) is 10.2. The molecule has 0 bridgehead atoms. The van der Waals surface area contributed by atoms with Gasteiger partial charge in [-0.25, -0.2) is 0 Å². The molecule has 3 rings (SSSR count). The number of benzene rings is 3. The summed E-state index contributed by atoms with van der Waals surface area (Å²) >= 11 is -0.147. The second-order valence-corrected chi connectivity index (χ2v) is 14.7. The molecule has 3 nitrogen and oxygen atoms in total. The zero-order valence-electron chi connectivity index (χ0n) is 21.4. The second-order valence-electron chi connectivity index (χ2n) is 10.3. The van der Waals surface area contributed by atoms with E-state index in [0.29, 0.717) is 0 Å². The van der Waals surface area contributed by atoms with Crippen LogP contribution in [0.15, 0.2) is 78.9 Å². The third-order valence-corrected chi connectivity index (χ3v) is 9.15. The summed E-state index contributed by atoms with van der Waals surface area (Å²) in [7, 11) is -4.62. The molecule has 0 unspecified atom stereocenters. The van der Waals surface area contributed by atoms with Crippen LogP contribution in [0.4, 0.5) is 13.2 Å². The van der Waals surface area contributed by atoms with Gasteiger partial charge < -0.3 is 0 Å². The minimum atomic E-state index is -5.17. The van der Waals surface area contributed by atoms with Crippen molar-refractivity contribution in [1.82, 2.24) is 0 Å². The Labute approximate surface area is 223 Å². The number of hydrogen-bond donors (Lipinski definition) is 0. The van der Waals surface area contributed by atoms with Crippen LogP contribution in [0.1, 0.15) is 58.2 Å². The molecule has 3 aromatic carbocycles. The smallest absolute Gasteiger partial charge is 0.199 e. The largest absolute Gasteiger partial charge is 0.537 e. The standard InChI is InChI=1S/C20H26I.C8H7F3O3S/c1-19(2,3)15-11-7-9-13-17(15)21-18-14-10-8-12-16(18)20(4,5)6;9-8(10,11)14-15(12,13)6-7-4-2-1-3-5-7/h7-14H,1-6H3;1-5H,6H2/q+1;. The van der Waals surface area contributed by atoms with Crippen LogP contribution in [0.3, 0.4) is 0 Å². The van der Waals surface area contributed by atoms with Crippen molar-refractivity contribution in [3.63, 3.8) is 0 Å². The summed E-state index contributed by atoms with van der Waals surface area (Å²) in [4.78, 5) is 0. The third kappa shape index (κ3) is 10.2. The maximum absolute atomic E-state index is 11.7. The molecule has 36 heavy (non-hydrogen) atoms. The Morgan fingerprint density at radius 2 is 1.06 bits per heavy atom. The minimum Gasteiger partial charge on any atom is -0.199 e. The van der Waals surface area contributed by atoms with Crippen molar-refractivity contribution in [2.75, 3.05) is 0 Å². The summed E-state index contributed by atoms with van der Waals surface area (Å²) in [5.41, 5.74) is 3.67. The predicted molar refractivity (Wildman–Crippen MR) is 134 cm³/mol. The molecule has 0 fully saturated rings. The van der Waals surface area contributed by atoms with Gasteiger partial charge in [0.05, 0.1) is 0 Å². The molecular weight excluding hydrogens is 600 g/mol. The van der Waals surface area contributed by atoms with Gasteiger partial charge in [0.25, 0.3) is 10.1 Å². The lowest BCUT2D eigenvalue weighted by atomic mass is 9.87. The molecule has 196 valence electrons. The molecule has 0 radical (unpaired) electrons.